The molecule has 0 aromatic heterocycles. The maximum Gasteiger partial charge on any atom is 0.0487 e. The van der Waals surface area contributed by atoms with Gasteiger partial charge in [-0.15, -0.1) is 0 Å². The molecule has 0 fully saturated rings. The Kier molecular flexibility index (Phi) is 7.75. The Morgan fingerprint density at radius 3 is 1.22 bits per heavy atom. The predicted octanol–water partition coefficient (Wildman–Crippen LogP) is 9.30. The number of anilines is 4. The average molecular weight is 473 g/mol. The number of aryl methyl sites for hydroxylation is 4. The van der Waals surface area contributed by atoms with E-state index in [0.717, 1.165) is 0 Å². The molecule has 2 nitrogen and oxygen atoms in total. The maximum atomic E-state index is 2.25. The van der Waals surface area contributed by atoms with E-state index in [1.807, 2.05) is 0 Å². The monoisotopic (exact) mass is 472 g/mol. The van der Waals surface area contributed by atoms with Gasteiger partial charge < -0.3 is 9.80 Å². The number of rotatable bonds is 4. The molecule has 0 heterocycles. The van der Waals surface area contributed by atoms with E-state index in [1.54, 1.807) is 0 Å². The maximum absolute atomic E-state index is 2.25. The third-order valence-corrected chi connectivity index (χ3v) is 6.74. The second-order valence-electron chi connectivity index (χ2n) is 9.57. The van der Waals surface area contributed by atoms with Gasteiger partial charge in [-0.1, -0.05) is 83.4 Å². The number of hydrogen-bond donors (Lipinski definition) is 0. The van der Waals surface area contributed by atoms with Crippen LogP contribution in [0, 0.1) is 27.7 Å². The zero-order chi connectivity index (χ0) is 25.7. The highest BCUT2D eigenvalue weighted by atomic mass is 15.1. The van der Waals surface area contributed by atoms with Crippen molar-refractivity contribution in [1.82, 2.24) is 0 Å². The van der Waals surface area contributed by atoms with E-state index in [9.17, 15) is 0 Å². The van der Waals surface area contributed by atoms with Crippen LogP contribution >= 0.6 is 0 Å². The van der Waals surface area contributed by atoms with Gasteiger partial charge in [0.05, 0.1) is 0 Å². The molecule has 0 bridgehead atoms. The van der Waals surface area contributed by atoms with Gasteiger partial charge in [0.15, 0.2) is 0 Å². The molecule has 0 aliphatic carbocycles. The van der Waals surface area contributed by atoms with Crippen LogP contribution in [0.15, 0.2) is 109 Å². The Morgan fingerprint density at radius 1 is 0.389 bits per heavy atom. The Bertz CT molecular complexity index is 1370. The number of fused-ring (bicyclic) bond motifs is 1. The van der Waals surface area contributed by atoms with E-state index in [-0.39, 0.29) is 0 Å². The van der Waals surface area contributed by atoms with Crippen molar-refractivity contribution in [2.75, 3.05) is 23.9 Å². The van der Waals surface area contributed by atoms with Crippen molar-refractivity contribution in [2.24, 2.45) is 0 Å². The average Bonchev–Trinajstić information content (AvgIpc) is 2.90. The standard InChI is InChI=1S/C19H19N.C15H17N/c1-14-8-11-16(12-9-14)20(3)19-13-10-15(2)17-6-4-5-7-18(17)19;1-12-4-8-14(9-5-12)16(3)15-10-6-13(2)7-11-15/h4-13H,1-3H3;4-11H,1-3H3. The topological polar surface area (TPSA) is 6.48 Å². The summed E-state index contributed by atoms with van der Waals surface area (Å²) < 4.78 is 0. The third kappa shape index (κ3) is 5.78. The van der Waals surface area contributed by atoms with Crippen LogP contribution in [0.5, 0.6) is 0 Å². The summed E-state index contributed by atoms with van der Waals surface area (Å²) in [7, 11) is 4.22. The van der Waals surface area contributed by atoms with Crippen LogP contribution in [0.3, 0.4) is 0 Å². The molecular weight excluding hydrogens is 436 g/mol. The first-order chi connectivity index (χ1) is 17.3. The van der Waals surface area contributed by atoms with E-state index in [2.05, 4.69) is 161 Å². The highest BCUT2D eigenvalue weighted by Crippen LogP contribution is 2.32. The van der Waals surface area contributed by atoms with Crippen LogP contribution in [0.1, 0.15) is 22.3 Å². The highest BCUT2D eigenvalue weighted by molar-refractivity contribution is 5.97. The van der Waals surface area contributed by atoms with Crippen LogP contribution in [-0.2, 0) is 0 Å². The quantitative estimate of drug-likeness (QED) is 0.257. The van der Waals surface area contributed by atoms with Crippen molar-refractivity contribution in [2.45, 2.75) is 27.7 Å². The summed E-state index contributed by atoms with van der Waals surface area (Å²) in [4.78, 5) is 4.44. The van der Waals surface area contributed by atoms with Crippen LogP contribution in [0.2, 0.25) is 0 Å². The Morgan fingerprint density at radius 2 is 0.778 bits per heavy atom. The fourth-order valence-corrected chi connectivity index (χ4v) is 4.32. The fourth-order valence-electron chi connectivity index (χ4n) is 4.32. The van der Waals surface area contributed by atoms with Gasteiger partial charge in [-0.2, -0.15) is 0 Å². The van der Waals surface area contributed by atoms with Crippen LogP contribution in [0.4, 0.5) is 22.7 Å². The van der Waals surface area contributed by atoms with Gasteiger partial charge in [-0.3, -0.25) is 0 Å². The van der Waals surface area contributed by atoms with Crippen molar-refractivity contribution in [1.29, 1.82) is 0 Å². The highest BCUT2D eigenvalue weighted by Gasteiger charge is 2.09. The summed E-state index contributed by atoms with van der Waals surface area (Å²) in [6.45, 7) is 8.49. The molecule has 5 aromatic carbocycles. The molecule has 0 unspecified atom stereocenters. The summed E-state index contributed by atoms with van der Waals surface area (Å²) in [6, 6.07) is 38.8. The first kappa shape index (κ1) is 25.1. The molecule has 5 aromatic rings. The van der Waals surface area contributed by atoms with E-state index in [0.29, 0.717) is 0 Å². The molecule has 0 saturated heterocycles. The number of nitrogens with zero attached hydrogens (tertiary/aromatic N) is 2. The third-order valence-electron chi connectivity index (χ3n) is 6.74. The van der Waals surface area contributed by atoms with Crippen LogP contribution in [0.25, 0.3) is 10.8 Å². The largest absolute Gasteiger partial charge is 0.345 e. The lowest BCUT2D eigenvalue weighted by molar-refractivity contribution is 1.20. The molecule has 182 valence electrons. The van der Waals surface area contributed by atoms with E-state index >= 15 is 0 Å². The summed E-state index contributed by atoms with van der Waals surface area (Å²) in [5.74, 6) is 0. The van der Waals surface area contributed by atoms with Crippen molar-refractivity contribution in [3.8, 4) is 0 Å². The van der Waals surface area contributed by atoms with E-state index in [1.165, 1.54) is 55.8 Å². The Labute approximate surface area is 216 Å². The van der Waals surface area contributed by atoms with Crippen molar-refractivity contribution in [3.05, 3.63) is 131 Å². The van der Waals surface area contributed by atoms with Crippen LogP contribution in [-0.4, -0.2) is 14.1 Å². The van der Waals surface area contributed by atoms with Crippen molar-refractivity contribution < 1.29 is 0 Å². The molecule has 0 aliphatic heterocycles. The second-order valence-corrected chi connectivity index (χ2v) is 9.57. The summed E-state index contributed by atoms with van der Waals surface area (Å²) in [6.07, 6.45) is 0. The molecule has 0 atom stereocenters. The predicted molar refractivity (Wildman–Crippen MR) is 158 cm³/mol. The normalized spacial score (nSPS) is 10.5. The summed E-state index contributed by atoms with van der Waals surface area (Å²) in [5, 5.41) is 2.62. The van der Waals surface area contributed by atoms with Gasteiger partial charge in [-0.25, -0.2) is 0 Å². The molecule has 36 heavy (non-hydrogen) atoms. The molecule has 0 radical (unpaired) electrons. The van der Waals surface area contributed by atoms with Gasteiger partial charge in [0, 0.05) is 42.2 Å². The SMILES string of the molecule is Cc1ccc(N(C)c2ccc(C)c3ccccc23)cc1.Cc1ccc(N(C)c2ccc(C)cc2)cc1. The minimum absolute atomic E-state index is 1.21. The molecule has 0 aliphatic rings. The smallest absolute Gasteiger partial charge is 0.0487 e. The van der Waals surface area contributed by atoms with E-state index in [4.69, 9.17) is 0 Å². The molecule has 0 amide bonds. The van der Waals surface area contributed by atoms with Crippen LogP contribution < -0.4 is 9.80 Å². The van der Waals surface area contributed by atoms with Gasteiger partial charge in [-0.05, 0) is 81.1 Å². The lowest BCUT2D eigenvalue weighted by Crippen LogP contribution is -2.09. The first-order valence-electron chi connectivity index (χ1n) is 12.5. The van der Waals surface area contributed by atoms with Gasteiger partial charge in [0.25, 0.3) is 0 Å². The Balaban J connectivity index is 0.000000174. The minimum Gasteiger partial charge on any atom is -0.345 e. The molecule has 0 saturated carbocycles. The molecule has 0 spiro atoms. The van der Waals surface area contributed by atoms with Crippen molar-refractivity contribution >= 4 is 33.5 Å². The second kappa shape index (κ2) is 11.1. The number of benzene rings is 5. The van der Waals surface area contributed by atoms with Crippen molar-refractivity contribution in [3.63, 3.8) is 0 Å². The van der Waals surface area contributed by atoms with Gasteiger partial charge >= 0.3 is 0 Å². The molecule has 2 heteroatoms. The van der Waals surface area contributed by atoms with Gasteiger partial charge in [0.1, 0.15) is 0 Å². The summed E-state index contributed by atoms with van der Waals surface area (Å²) >= 11 is 0. The van der Waals surface area contributed by atoms with Gasteiger partial charge in [0.2, 0.25) is 0 Å². The first-order valence-corrected chi connectivity index (χ1v) is 12.5. The lowest BCUT2D eigenvalue weighted by atomic mass is 10.0. The van der Waals surface area contributed by atoms with E-state index < -0.39 is 0 Å². The fraction of sp³-hybridized carbons (Fsp3) is 0.176. The number of hydrogen-bond acceptors (Lipinski definition) is 2. The molecule has 0 N–H and O–H groups in total. The zero-order valence-corrected chi connectivity index (χ0v) is 22.3. The minimum atomic E-state index is 1.21. The zero-order valence-electron chi connectivity index (χ0n) is 22.3. The summed E-state index contributed by atoms with van der Waals surface area (Å²) in [5.41, 5.74) is 10.1. The lowest BCUT2D eigenvalue weighted by Gasteiger charge is -2.22. The Hall–Kier alpha value is -4.04. The molecular formula is C34H36N2. The molecule has 5 rings (SSSR count).